The third kappa shape index (κ3) is 3.68. The zero-order valence-corrected chi connectivity index (χ0v) is 10.5. The molecule has 1 nitrogen and oxygen atoms in total. The van der Waals surface area contributed by atoms with Crippen molar-refractivity contribution in [2.75, 3.05) is 18.1 Å². The summed E-state index contributed by atoms with van der Waals surface area (Å²) < 4.78 is 26.3. The summed E-state index contributed by atoms with van der Waals surface area (Å²) in [6.07, 6.45) is 2.45. The standard InChI is InChI=1S/C13H17F2NS/c14-12-3-1-2-11(13(12)15)9-16-8-10-4-6-17-7-5-10/h1-3,10,16H,4-9H2. The number of thioether (sulfide) groups is 1. The average Bonchev–Trinajstić information content (AvgIpc) is 2.36. The van der Waals surface area contributed by atoms with Gasteiger partial charge in [0.2, 0.25) is 0 Å². The fourth-order valence-electron chi connectivity index (χ4n) is 2.05. The van der Waals surface area contributed by atoms with Crippen molar-refractivity contribution >= 4 is 11.8 Å². The SMILES string of the molecule is Fc1cccc(CNCC2CCSCC2)c1F. The number of hydrogen-bond donors (Lipinski definition) is 1. The monoisotopic (exact) mass is 257 g/mol. The third-order valence-electron chi connectivity index (χ3n) is 3.12. The lowest BCUT2D eigenvalue weighted by atomic mass is 10.0. The smallest absolute Gasteiger partial charge is 0.163 e. The summed E-state index contributed by atoms with van der Waals surface area (Å²) in [4.78, 5) is 0. The molecule has 0 bridgehead atoms. The van der Waals surface area contributed by atoms with Crippen LogP contribution in [0.5, 0.6) is 0 Å². The first kappa shape index (κ1) is 12.8. The zero-order valence-electron chi connectivity index (χ0n) is 9.72. The highest BCUT2D eigenvalue weighted by atomic mass is 32.2. The number of benzene rings is 1. The van der Waals surface area contributed by atoms with Crippen molar-refractivity contribution < 1.29 is 8.78 Å². The van der Waals surface area contributed by atoms with Gasteiger partial charge in [-0.1, -0.05) is 12.1 Å². The van der Waals surface area contributed by atoms with E-state index < -0.39 is 11.6 Å². The fourth-order valence-corrected chi connectivity index (χ4v) is 3.25. The molecule has 1 aromatic rings. The van der Waals surface area contributed by atoms with Crippen molar-refractivity contribution in [3.8, 4) is 0 Å². The first-order valence-corrected chi connectivity index (χ1v) is 7.14. The van der Waals surface area contributed by atoms with E-state index in [9.17, 15) is 8.78 Å². The lowest BCUT2D eigenvalue weighted by molar-refractivity contribution is 0.439. The second-order valence-electron chi connectivity index (χ2n) is 4.40. The van der Waals surface area contributed by atoms with Crippen molar-refractivity contribution in [1.82, 2.24) is 5.32 Å². The summed E-state index contributed by atoms with van der Waals surface area (Å²) in [5, 5.41) is 3.22. The van der Waals surface area contributed by atoms with Gasteiger partial charge in [0.1, 0.15) is 0 Å². The van der Waals surface area contributed by atoms with E-state index in [1.165, 1.54) is 24.3 Å². The van der Waals surface area contributed by atoms with E-state index in [2.05, 4.69) is 5.32 Å². The molecule has 17 heavy (non-hydrogen) atoms. The Morgan fingerprint density at radius 2 is 2.00 bits per heavy atom. The molecule has 94 valence electrons. The van der Waals surface area contributed by atoms with Crippen LogP contribution in [0.1, 0.15) is 18.4 Å². The maximum atomic E-state index is 13.3. The average molecular weight is 257 g/mol. The largest absolute Gasteiger partial charge is 0.312 e. The maximum absolute atomic E-state index is 13.3. The van der Waals surface area contributed by atoms with Crippen LogP contribution in [0.25, 0.3) is 0 Å². The van der Waals surface area contributed by atoms with Gasteiger partial charge in [-0.3, -0.25) is 0 Å². The molecule has 1 N–H and O–H groups in total. The van der Waals surface area contributed by atoms with Crippen molar-refractivity contribution in [2.24, 2.45) is 5.92 Å². The summed E-state index contributed by atoms with van der Waals surface area (Å²) >= 11 is 2.00. The summed E-state index contributed by atoms with van der Waals surface area (Å²) in [6, 6.07) is 4.33. The van der Waals surface area contributed by atoms with Gasteiger partial charge < -0.3 is 5.32 Å². The lowest BCUT2D eigenvalue weighted by Gasteiger charge is -2.21. The molecule has 0 aromatic heterocycles. The predicted octanol–water partition coefficient (Wildman–Crippen LogP) is 3.20. The molecule has 1 saturated heterocycles. The summed E-state index contributed by atoms with van der Waals surface area (Å²) in [7, 11) is 0. The Balaban J connectivity index is 1.79. The number of rotatable bonds is 4. The van der Waals surface area contributed by atoms with Crippen LogP contribution in [0.3, 0.4) is 0 Å². The van der Waals surface area contributed by atoms with Crippen LogP contribution >= 0.6 is 11.8 Å². The number of hydrogen-bond acceptors (Lipinski definition) is 2. The van der Waals surface area contributed by atoms with E-state index in [4.69, 9.17) is 0 Å². The highest BCUT2D eigenvalue weighted by Crippen LogP contribution is 2.22. The molecule has 0 amide bonds. The quantitative estimate of drug-likeness (QED) is 0.889. The Morgan fingerprint density at radius 1 is 1.24 bits per heavy atom. The van der Waals surface area contributed by atoms with Crippen molar-refractivity contribution in [1.29, 1.82) is 0 Å². The van der Waals surface area contributed by atoms with E-state index >= 15 is 0 Å². The predicted molar refractivity (Wildman–Crippen MR) is 68.1 cm³/mol. The normalized spacial score (nSPS) is 17.3. The van der Waals surface area contributed by atoms with Crippen LogP contribution in [0, 0.1) is 17.6 Å². The first-order chi connectivity index (χ1) is 8.27. The van der Waals surface area contributed by atoms with Gasteiger partial charge in [0, 0.05) is 12.1 Å². The molecule has 1 fully saturated rings. The summed E-state index contributed by atoms with van der Waals surface area (Å²) in [5.41, 5.74) is 0.412. The molecule has 1 heterocycles. The van der Waals surface area contributed by atoms with Crippen LogP contribution in [-0.4, -0.2) is 18.1 Å². The van der Waals surface area contributed by atoms with Gasteiger partial charge in [0.25, 0.3) is 0 Å². The van der Waals surface area contributed by atoms with Gasteiger partial charge in [-0.15, -0.1) is 0 Å². The Morgan fingerprint density at radius 3 is 2.76 bits per heavy atom. The molecule has 0 unspecified atom stereocenters. The molecule has 0 spiro atoms. The van der Waals surface area contributed by atoms with Gasteiger partial charge in [-0.2, -0.15) is 11.8 Å². The third-order valence-corrected chi connectivity index (χ3v) is 4.17. The van der Waals surface area contributed by atoms with Crippen molar-refractivity contribution in [3.05, 3.63) is 35.4 Å². The van der Waals surface area contributed by atoms with Crippen LogP contribution in [0.15, 0.2) is 18.2 Å². The minimum Gasteiger partial charge on any atom is -0.312 e. The molecule has 0 saturated carbocycles. The van der Waals surface area contributed by atoms with Crippen LogP contribution in [-0.2, 0) is 6.54 Å². The molecule has 1 aliphatic heterocycles. The molecular weight excluding hydrogens is 240 g/mol. The van der Waals surface area contributed by atoms with E-state index in [1.807, 2.05) is 11.8 Å². The Hall–Kier alpha value is -0.610. The summed E-state index contributed by atoms with van der Waals surface area (Å²) in [5.74, 6) is 1.65. The Kier molecular flexibility index (Phi) is 4.80. The minimum absolute atomic E-state index is 0.410. The Labute approximate surface area is 105 Å². The Bertz CT molecular complexity index is 364. The number of nitrogens with one attached hydrogen (secondary N) is 1. The number of halogens is 2. The highest BCUT2D eigenvalue weighted by molar-refractivity contribution is 7.99. The van der Waals surface area contributed by atoms with Crippen LogP contribution < -0.4 is 5.32 Å². The van der Waals surface area contributed by atoms with Gasteiger partial charge in [0.15, 0.2) is 11.6 Å². The molecular formula is C13H17F2NS. The van der Waals surface area contributed by atoms with Crippen LogP contribution in [0.2, 0.25) is 0 Å². The molecule has 0 radical (unpaired) electrons. The fraction of sp³-hybridized carbons (Fsp3) is 0.538. The van der Waals surface area contributed by atoms with Crippen LogP contribution in [0.4, 0.5) is 8.78 Å². The molecule has 1 aromatic carbocycles. The molecule has 0 aliphatic carbocycles. The van der Waals surface area contributed by atoms with E-state index in [0.29, 0.717) is 18.0 Å². The molecule has 2 rings (SSSR count). The van der Waals surface area contributed by atoms with E-state index in [-0.39, 0.29) is 0 Å². The zero-order chi connectivity index (χ0) is 12.1. The molecule has 1 aliphatic rings. The highest BCUT2D eigenvalue weighted by Gasteiger charge is 2.13. The molecule has 4 heteroatoms. The molecule has 0 atom stereocenters. The van der Waals surface area contributed by atoms with E-state index in [1.54, 1.807) is 12.1 Å². The minimum atomic E-state index is -0.765. The van der Waals surface area contributed by atoms with Crippen molar-refractivity contribution in [2.45, 2.75) is 19.4 Å². The van der Waals surface area contributed by atoms with Gasteiger partial charge in [-0.05, 0) is 42.9 Å². The topological polar surface area (TPSA) is 12.0 Å². The van der Waals surface area contributed by atoms with Gasteiger partial charge >= 0.3 is 0 Å². The summed E-state index contributed by atoms with van der Waals surface area (Å²) in [6.45, 7) is 1.31. The lowest BCUT2D eigenvalue weighted by Crippen LogP contribution is -2.25. The maximum Gasteiger partial charge on any atom is 0.163 e. The second kappa shape index (κ2) is 6.36. The van der Waals surface area contributed by atoms with Crippen molar-refractivity contribution in [3.63, 3.8) is 0 Å². The van der Waals surface area contributed by atoms with Gasteiger partial charge in [-0.25, -0.2) is 8.78 Å². The first-order valence-electron chi connectivity index (χ1n) is 5.98. The van der Waals surface area contributed by atoms with E-state index in [0.717, 1.165) is 12.6 Å². The van der Waals surface area contributed by atoms with Gasteiger partial charge in [0.05, 0.1) is 0 Å². The second-order valence-corrected chi connectivity index (χ2v) is 5.62.